The molecule has 1 saturated heterocycles. The number of amides is 2. The molecule has 2 amide bonds. The molecule has 0 saturated carbocycles. The summed E-state index contributed by atoms with van der Waals surface area (Å²) < 4.78 is 5.27. The number of carbonyl (C=O) groups excluding carboxylic acids is 3. The van der Waals surface area contributed by atoms with E-state index >= 15 is 0 Å². The number of hydrogen-bond donors (Lipinski definition) is 1. The molecular formula is C22H23N3O6. The summed E-state index contributed by atoms with van der Waals surface area (Å²) in [5, 5.41) is 13.3. The molecule has 0 radical (unpaired) electrons. The van der Waals surface area contributed by atoms with E-state index in [1.807, 2.05) is 32.0 Å². The minimum absolute atomic E-state index is 0.00539. The van der Waals surface area contributed by atoms with Gasteiger partial charge in [-0.1, -0.05) is 18.2 Å². The number of nitro benzene ring substituents is 1. The number of benzene rings is 2. The van der Waals surface area contributed by atoms with Crippen LogP contribution in [-0.4, -0.2) is 35.4 Å². The van der Waals surface area contributed by atoms with E-state index in [1.165, 1.54) is 31.2 Å². The highest BCUT2D eigenvalue weighted by atomic mass is 16.6. The van der Waals surface area contributed by atoms with Crippen LogP contribution in [0.15, 0.2) is 42.5 Å². The Labute approximate surface area is 179 Å². The predicted octanol–water partition coefficient (Wildman–Crippen LogP) is 3.13. The van der Waals surface area contributed by atoms with Crippen LogP contribution in [0.25, 0.3) is 0 Å². The van der Waals surface area contributed by atoms with Crippen molar-refractivity contribution in [3.8, 4) is 0 Å². The number of ether oxygens (including phenoxy) is 1. The zero-order valence-electron chi connectivity index (χ0n) is 17.5. The lowest BCUT2D eigenvalue weighted by atomic mass is 10.1. The van der Waals surface area contributed by atoms with Gasteiger partial charge in [0.15, 0.2) is 6.10 Å². The van der Waals surface area contributed by atoms with Gasteiger partial charge in [-0.2, -0.15) is 0 Å². The van der Waals surface area contributed by atoms with Crippen molar-refractivity contribution < 1.29 is 24.0 Å². The fraction of sp³-hybridized carbons (Fsp3) is 0.318. The summed E-state index contributed by atoms with van der Waals surface area (Å²) in [6.07, 6.45) is -1.12. The minimum atomic E-state index is -1.13. The van der Waals surface area contributed by atoms with Crippen molar-refractivity contribution in [3.63, 3.8) is 0 Å². The summed E-state index contributed by atoms with van der Waals surface area (Å²) in [4.78, 5) is 49.2. The van der Waals surface area contributed by atoms with Gasteiger partial charge >= 0.3 is 5.97 Å². The van der Waals surface area contributed by atoms with Gasteiger partial charge in [0.1, 0.15) is 0 Å². The Morgan fingerprint density at radius 1 is 1.23 bits per heavy atom. The maximum atomic E-state index is 12.6. The normalized spacial score (nSPS) is 16.7. The van der Waals surface area contributed by atoms with Crippen LogP contribution < -0.4 is 10.2 Å². The third-order valence-electron chi connectivity index (χ3n) is 5.31. The predicted molar refractivity (Wildman–Crippen MR) is 114 cm³/mol. The molecule has 1 fully saturated rings. The Bertz CT molecular complexity index is 1050. The van der Waals surface area contributed by atoms with Crippen LogP contribution in [-0.2, 0) is 19.1 Å². The monoisotopic (exact) mass is 425 g/mol. The molecule has 1 aliphatic heterocycles. The van der Waals surface area contributed by atoms with E-state index in [0.717, 1.165) is 16.8 Å². The number of esters is 1. The first-order valence-corrected chi connectivity index (χ1v) is 9.79. The van der Waals surface area contributed by atoms with Gasteiger partial charge in [-0.3, -0.25) is 24.5 Å². The minimum Gasteiger partial charge on any atom is -0.452 e. The maximum Gasteiger partial charge on any atom is 0.312 e. The van der Waals surface area contributed by atoms with Gasteiger partial charge in [-0.15, -0.1) is 0 Å². The van der Waals surface area contributed by atoms with E-state index in [9.17, 15) is 24.5 Å². The molecular weight excluding hydrogens is 402 g/mol. The Morgan fingerprint density at radius 2 is 1.94 bits per heavy atom. The van der Waals surface area contributed by atoms with E-state index in [4.69, 9.17) is 4.74 Å². The number of carbonyl (C=O) groups is 3. The molecule has 0 aliphatic carbocycles. The molecule has 0 unspecified atom stereocenters. The van der Waals surface area contributed by atoms with Crippen LogP contribution in [0.4, 0.5) is 17.1 Å². The Hall–Kier alpha value is -3.75. The summed E-state index contributed by atoms with van der Waals surface area (Å²) in [6.45, 7) is 5.46. The summed E-state index contributed by atoms with van der Waals surface area (Å²) >= 11 is 0. The van der Waals surface area contributed by atoms with Gasteiger partial charge in [0, 0.05) is 36.5 Å². The average Bonchev–Trinajstić information content (AvgIpc) is 3.11. The van der Waals surface area contributed by atoms with E-state index in [2.05, 4.69) is 5.32 Å². The molecule has 9 nitrogen and oxygen atoms in total. The van der Waals surface area contributed by atoms with Crippen LogP contribution in [0.2, 0.25) is 0 Å². The largest absolute Gasteiger partial charge is 0.452 e. The van der Waals surface area contributed by atoms with Crippen LogP contribution in [0.5, 0.6) is 0 Å². The summed E-state index contributed by atoms with van der Waals surface area (Å²) in [7, 11) is 0. The molecule has 3 rings (SSSR count). The molecule has 9 heteroatoms. The van der Waals surface area contributed by atoms with Crippen molar-refractivity contribution in [1.82, 2.24) is 0 Å². The van der Waals surface area contributed by atoms with Crippen LogP contribution in [0.1, 0.15) is 24.5 Å². The third kappa shape index (κ3) is 4.88. The molecule has 2 aromatic rings. The molecule has 0 aromatic heterocycles. The van der Waals surface area contributed by atoms with Gasteiger partial charge in [0.25, 0.3) is 11.6 Å². The Morgan fingerprint density at radius 3 is 2.65 bits per heavy atom. The number of aryl methyl sites for hydroxylation is 1. The second-order valence-corrected chi connectivity index (χ2v) is 7.50. The lowest BCUT2D eigenvalue weighted by Gasteiger charge is -2.20. The summed E-state index contributed by atoms with van der Waals surface area (Å²) in [5.41, 5.74) is 2.83. The fourth-order valence-corrected chi connectivity index (χ4v) is 3.39. The average molecular weight is 425 g/mol. The Kier molecular flexibility index (Phi) is 6.33. The van der Waals surface area contributed by atoms with Gasteiger partial charge in [-0.25, -0.2) is 0 Å². The zero-order chi connectivity index (χ0) is 22.7. The maximum absolute atomic E-state index is 12.6. The van der Waals surface area contributed by atoms with Crippen LogP contribution >= 0.6 is 0 Å². The fourth-order valence-electron chi connectivity index (χ4n) is 3.39. The summed E-state index contributed by atoms with van der Waals surface area (Å²) in [5.74, 6) is -2.11. The van der Waals surface area contributed by atoms with Crippen molar-refractivity contribution in [3.05, 3.63) is 63.7 Å². The van der Waals surface area contributed by atoms with Crippen LogP contribution in [0, 0.1) is 29.9 Å². The van der Waals surface area contributed by atoms with Crippen molar-refractivity contribution in [1.29, 1.82) is 0 Å². The topological polar surface area (TPSA) is 119 Å². The van der Waals surface area contributed by atoms with Crippen molar-refractivity contribution >= 4 is 34.8 Å². The Balaban J connectivity index is 1.61. The standard InChI is InChI=1S/C22H23N3O6/c1-13-6-4-9-19(14(13)2)24-12-16(10-20(24)26)22(28)31-15(3)21(27)23-17-7-5-8-18(11-17)25(29)30/h4-9,11,15-16H,10,12H2,1-3H3,(H,23,27)/t15-,16+/m1/s1. The molecule has 2 aromatic carbocycles. The van der Waals surface area contributed by atoms with Crippen molar-refractivity contribution in [2.45, 2.75) is 33.3 Å². The number of non-ortho nitro benzene ring substituents is 1. The molecule has 0 bridgehead atoms. The number of nitrogens with one attached hydrogen (secondary N) is 1. The molecule has 1 heterocycles. The molecule has 31 heavy (non-hydrogen) atoms. The van der Waals surface area contributed by atoms with E-state index in [1.54, 1.807) is 4.90 Å². The first kappa shape index (κ1) is 21.9. The molecule has 1 aliphatic rings. The number of hydrogen-bond acceptors (Lipinski definition) is 6. The second-order valence-electron chi connectivity index (χ2n) is 7.50. The molecule has 1 N–H and O–H groups in total. The van der Waals surface area contributed by atoms with Crippen molar-refractivity contribution in [2.75, 3.05) is 16.8 Å². The van der Waals surface area contributed by atoms with Crippen LogP contribution in [0.3, 0.4) is 0 Å². The third-order valence-corrected chi connectivity index (χ3v) is 5.31. The number of rotatable bonds is 6. The lowest BCUT2D eigenvalue weighted by molar-refractivity contribution is -0.384. The number of nitrogens with zero attached hydrogens (tertiary/aromatic N) is 2. The SMILES string of the molecule is Cc1cccc(N2C[C@@H](C(=O)O[C@H](C)C(=O)Nc3cccc([N+](=O)[O-])c3)CC2=O)c1C. The van der Waals surface area contributed by atoms with Gasteiger partial charge in [0.05, 0.1) is 10.8 Å². The van der Waals surface area contributed by atoms with Gasteiger partial charge in [-0.05, 0) is 44.0 Å². The van der Waals surface area contributed by atoms with Gasteiger partial charge < -0.3 is 15.0 Å². The highest BCUT2D eigenvalue weighted by Gasteiger charge is 2.37. The number of anilines is 2. The zero-order valence-corrected chi connectivity index (χ0v) is 17.5. The van der Waals surface area contributed by atoms with E-state index in [-0.39, 0.29) is 30.2 Å². The van der Waals surface area contributed by atoms with E-state index < -0.39 is 28.8 Å². The first-order valence-electron chi connectivity index (χ1n) is 9.79. The van der Waals surface area contributed by atoms with Crippen molar-refractivity contribution in [2.24, 2.45) is 5.92 Å². The quantitative estimate of drug-likeness (QED) is 0.431. The highest BCUT2D eigenvalue weighted by molar-refractivity contribution is 6.01. The lowest BCUT2D eigenvalue weighted by Crippen LogP contribution is -2.33. The number of nitro groups is 1. The first-order chi connectivity index (χ1) is 14.7. The van der Waals surface area contributed by atoms with Gasteiger partial charge in [0.2, 0.25) is 5.91 Å². The molecule has 162 valence electrons. The smallest absolute Gasteiger partial charge is 0.312 e. The highest BCUT2D eigenvalue weighted by Crippen LogP contribution is 2.30. The molecule has 0 spiro atoms. The summed E-state index contributed by atoms with van der Waals surface area (Å²) in [6, 6.07) is 11.1. The second kappa shape index (κ2) is 8.95. The van der Waals surface area contributed by atoms with E-state index in [0.29, 0.717) is 0 Å². The molecule has 2 atom stereocenters.